The predicted molar refractivity (Wildman–Crippen MR) is 57.6 cm³/mol. The van der Waals surface area contributed by atoms with Crippen molar-refractivity contribution in [1.29, 1.82) is 0 Å². The molecular weight excluding hydrogens is 234 g/mol. The number of H-pyrrole nitrogens is 1. The number of aromatic nitrogens is 1. The fourth-order valence-electron chi connectivity index (χ4n) is 1.51. The topological polar surface area (TPSA) is 15.8 Å². The second-order valence-corrected chi connectivity index (χ2v) is 5.24. The first kappa shape index (κ1) is 8.70. The van der Waals surface area contributed by atoms with Crippen molar-refractivity contribution < 1.29 is 0 Å². The molecule has 0 radical (unpaired) electrons. The third-order valence-corrected chi connectivity index (χ3v) is 4.11. The quantitative estimate of drug-likeness (QED) is 0.799. The Morgan fingerprint density at radius 2 is 2.17 bits per heavy atom. The van der Waals surface area contributed by atoms with E-state index in [2.05, 4.69) is 34.8 Å². The van der Waals surface area contributed by atoms with Gasteiger partial charge in [0.15, 0.2) is 0 Å². The second kappa shape index (κ2) is 3.11. The highest BCUT2D eigenvalue weighted by molar-refractivity contribution is 9.10. The summed E-state index contributed by atoms with van der Waals surface area (Å²) in [5.41, 5.74) is 4.28. The van der Waals surface area contributed by atoms with E-state index in [0.29, 0.717) is 5.92 Å². The second-order valence-electron chi connectivity index (χ2n) is 3.46. The molecule has 0 aliphatic carbocycles. The van der Waals surface area contributed by atoms with Crippen LogP contribution in [-0.2, 0) is 11.5 Å². The van der Waals surface area contributed by atoms with E-state index in [-0.39, 0.29) is 0 Å². The summed E-state index contributed by atoms with van der Waals surface area (Å²) in [5, 5.41) is 0. The van der Waals surface area contributed by atoms with Gasteiger partial charge in [-0.05, 0) is 27.4 Å². The maximum Gasteiger partial charge on any atom is 0.0428 e. The van der Waals surface area contributed by atoms with E-state index in [9.17, 15) is 0 Å². The summed E-state index contributed by atoms with van der Waals surface area (Å²) < 4.78 is 1.32. The Morgan fingerprint density at radius 3 is 2.75 bits per heavy atom. The average molecular weight is 246 g/mol. The van der Waals surface area contributed by atoms with Crippen LogP contribution in [0.3, 0.4) is 0 Å². The SMILES string of the molecule is CC(C)c1[nH]c2c(c1Br)CSC2. The van der Waals surface area contributed by atoms with Crippen molar-refractivity contribution in [3.63, 3.8) is 0 Å². The highest BCUT2D eigenvalue weighted by atomic mass is 79.9. The zero-order chi connectivity index (χ0) is 8.72. The van der Waals surface area contributed by atoms with E-state index in [4.69, 9.17) is 0 Å². The van der Waals surface area contributed by atoms with Gasteiger partial charge < -0.3 is 4.98 Å². The summed E-state index contributed by atoms with van der Waals surface area (Å²) >= 11 is 5.64. The van der Waals surface area contributed by atoms with E-state index in [1.54, 1.807) is 0 Å². The highest BCUT2D eigenvalue weighted by Gasteiger charge is 2.21. The van der Waals surface area contributed by atoms with Gasteiger partial charge in [0.2, 0.25) is 0 Å². The predicted octanol–water partition coefficient (Wildman–Crippen LogP) is 3.65. The van der Waals surface area contributed by atoms with Gasteiger partial charge in [-0.3, -0.25) is 0 Å². The molecule has 2 rings (SSSR count). The molecule has 0 spiro atoms. The summed E-state index contributed by atoms with van der Waals surface area (Å²) in [4.78, 5) is 3.49. The zero-order valence-corrected chi connectivity index (χ0v) is 9.68. The molecule has 1 aromatic rings. The molecule has 1 N–H and O–H groups in total. The van der Waals surface area contributed by atoms with Crippen LogP contribution >= 0.6 is 27.7 Å². The molecule has 1 aliphatic heterocycles. The Labute approximate surface area is 85.5 Å². The molecule has 1 aromatic heterocycles. The third kappa shape index (κ3) is 1.23. The minimum absolute atomic E-state index is 0.593. The molecular formula is C9H12BrNS. The molecule has 0 saturated carbocycles. The van der Waals surface area contributed by atoms with Crippen molar-refractivity contribution in [1.82, 2.24) is 4.98 Å². The number of nitrogens with one attached hydrogen (secondary N) is 1. The van der Waals surface area contributed by atoms with Crippen molar-refractivity contribution >= 4 is 27.7 Å². The maximum atomic E-state index is 3.66. The number of halogens is 1. The first-order chi connectivity index (χ1) is 5.70. The first-order valence-corrected chi connectivity index (χ1v) is 6.11. The number of hydrogen-bond acceptors (Lipinski definition) is 1. The number of aromatic amines is 1. The number of thioether (sulfide) groups is 1. The van der Waals surface area contributed by atoms with Crippen LogP contribution in [0.15, 0.2) is 4.47 Å². The van der Waals surface area contributed by atoms with Gasteiger partial charge in [-0.2, -0.15) is 11.8 Å². The number of hydrogen-bond donors (Lipinski definition) is 1. The Morgan fingerprint density at radius 1 is 1.42 bits per heavy atom. The summed E-state index contributed by atoms with van der Waals surface area (Å²) in [6, 6.07) is 0. The van der Waals surface area contributed by atoms with Crippen LogP contribution in [0.1, 0.15) is 36.7 Å². The molecule has 12 heavy (non-hydrogen) atoms. The lowest BCUT2D eigenvalue weighted by Gasteiger charge is -2.03. The Kier molecular flexibility index (Phi) is 2.25. The summed E-state index contributed by atoms with van der Waals surface area (Å²) in [7, 11) is 0. The van der Waals surface area contributed by atoms with E-state index in [1.807, 2.05) is 11.8 Å². The third-order valence-electron chi connectivity index (χ3n) is 2.22. The zero-order valence-electron chi connectivity index (χ0n) is 7.28. The van der Waals surface area contributed by atoms with Gasteiger partial charge in [0.25, 0.3) is 0 Å². The Balaban J connectivity index is 2.47. The monoisotopic (exact) mass is 245 g/mol. The van der Waals surface area contributed by atoms with Crippen LogP contribution in [0.4, 0.5) is 0 Å². The fraction of sp³-hybridized carbons (Fsp3) is 0.556. The molecule has 0 aromatic carbocycles. The standard InChI is InChI=1S/C9H12BrNS/c1-5(2)9-8(10)6-3-12-4-7(6)11-9/h5,11H,3-4H2,1-2H3. The minimum atomic E-state index is 0.593. The van der Waals surface area contributed by atoms with Gasteiger partial charge in [-0.25, -0.2) is 0 Å². The van der Waals surface area contributed by atoms with Gasteiger partial charge in [0, 0.05) is 27.4 Å². The Bertz CT molecular complexity index is 304. The fourth-order valence-corrected chi connectivity index (χ4v) is 3.71. The van der Waals surface area contributed by atoms with Gasteiger partial charge in [0.05, 0.1) is 0 Å². The Hall–Kier alpha value is 0.110. The molecule has 0 fully saturated rings. The summed E-state index contributed by atoms with van der Waals surface area (Å²) in [6.07, 6.45) is 0. The number of fused-ring (bicyclic) bond motifs is 1. The van der Waals surface area contributed by atoms with Crippen LogP contribution < -0.4 is 0 Å². The molecule has 1 aliphatic rings. The van der Waals surface area contributed by atoms with E-state index in [0.717, 1.165) is 5.75 Å². The van der Waals surface area contributed by atoms with Crippen LogP contribution in [-0.4, -0.2) is 4.98 Å². The maximum absolute atomic E-state index is 3.66. The van der Waals surface area contributed by atoms with Crippen LogP contribution in [0.25, 0.3) is 0 Å². The minimum Gasteiger partial charge on any atom is -0.360 e. The van der Waals surface area contributed by atoms with E-state index in [1.165, 1.54) is 27.2 Å². The van der Waals surface area contributed by atoms with Gasteiger partial charge in [-0.1, -0.05) is 13.8 Å². The molecule has 66 valence electrons. The van der Waals surface area contributed by atoms with Gasteiger partial charge in [0.1, 0.15) is 0 Å². The van der Waals surface area contributed by atoms with Crippen LogP contribution in [0.2, 0.25) is 0 Å². The smallest absolute Gasteiger partial charge is 0.0428 e. The average Bonchev–Trinajstić information content (AvgIpc) is 2.53. The van der Waals surface area contributed by atoms with Crippen molar-refractivity contribution in [3.8, 4) is 0 Å². The van der Waals surface area contributed by atoms with Crippen molar-refractivity contribution in [2.24, 2.45) is 0 Å². The molecule has 0 bridgehead atoms. The largest absolute Gasteiger partial charge is 0.360 e. The van der Waals surface area contributed by atoms with Gasteiger partial charge >= 0.3 is 0 Å². The molecule has 0 saturated heterocycles. The molecule has 0 atom stereocenters. The van der Waals surface area contributed by atoms with Gasteiger partial charge in [-0.15, -0.1) is 0 Å². The van der Waals surface area contributed by atoms with Crippen LogP contribution in [0.5, 0.6) is 0 Å². The summed E-state index contributed by atoms with van der Waals surface area (Å²) in [5.74, 6) is 2.91. The molecule has 0 unspecified atom stereocenters. The van der Waals surface area contributed by atoms with E-state index < -0.39 is 0 Å². The number of rotatable bonds is 1. The lowest BCUT2D eigenvalue weighted by atomic mass is 10.1. The van der Waals surface area contributed by atoms with Crippen molar-refractivity contribution in [2.45, 2.75) is 31.3 Å². The normalized spacial score (nSPS) is 15.7. The van der Waals surface area contributed by atoms with Crippen molar-refractivity contribution in [2.75, 3.05) is 0 Å². The first-order valence-electron chi connectivity index (χ1n) is 4.17. The highest BCUT2D eigenvalue weighted by Crippen LogP contribution is 2.38. The molecule has 0 amide bonds. The lowest BCUT2D eigenvalue weighted by Crippen LogP contribution is -1.89. The summed E-state index contributed by atoms with van der Waals surface area (Å²) in [6.45, 7) is 4.44. The molecule has 1 nitrogen and oxygen atoms in total. The van der Waals surface area contributed by atoms with E-state index >= 15 is 0 Å². The molecule has 3 heteroatoms. The van der Waals surface area contributed by atoms with Crippen LogP contribution in [0, 0.1) is 0 Å². The molecule has 2 heterocycles. The van der Waals surface area contributed by atoms with Crippen molar-refractivity contribution in [3.05, 3.63) is 21.4 Å². The lowest BCUT2D eigenvalue weighted by molar-refractivity contribution is 0.823.